The van der Waals surface area contributed by atoms with E-state index >= 15 is 0 Å². The molecule has 1 unspecified atom stereocenters. The summed E-state index contributed by atoms with van der Waals surface area (Å²) in [4.78, 5) is 29.3. The third kappa shape index (κ3) is 5.43. The zero-order valence-electron chi connectivity index (χ0n) is 17.4. The SMILES string of the molecule is CC(Cc1cnccn1)NC(=O)c1coc(CN2CCN(c3ccccc3F)CC2)n1. The van der Waals surface area contributed by atoms with Crippen molar-refractivity contribution in [3.8, 4) is 0 Å². The molecule has 1 atom stereocenters. The van der Waals surface area contributed by atoms with Gasteiger partial charge in [0.05, 0.1) is 17.9 Å². The molecule has 3 aromatic rings. The van der Waals surface area contributed by atoms with Crippen LogP contribution in [-0.4, -0.2) is 58.0 Å². The lowest BCUT2D eigenvalue weighted by molar-refractivity contribution is 0.0934. The number of anilines is 1. The molecule has 1 aliphatic rings. The normalized spacial score (nSPS) is 15.6. The minimum Gasteiger partial charge on any atom is -0.447 e. The van der Waals surface area contributed by atoms with E-state index in [1.54, 1.807) is 30.7 Å². The molecule has 1 N–H and O–H groups in total. The fraction of sp³-hybridized carbons (Fsp3) is 0.364. The maximum absolute atomic E-state index is 14.0. The van der Waals surface area contributed by atoms with Crippen molar-refractivity contribution >= 4 is 11.6 Å². The number of aromatic nitrogens is 3. The van der Waals surface area contributed by atoms with E-state index in [4.69, 9.17) is 4.42 Å². The number of amides is 1. The van der Waals surface area contributed by atoms with Gasteiger partial charge in [-0.1, -0.05) is 12.1 Å². The van der Waals surface area contributed by atoms with Crippen LogP contribution < -0.4 is 10.2 Å². The summed E-state index contributed by atoms with van der Waals surface area (Å²) in [5.41, 5.74) is 1.70. The number of para-hydroxylation sites is 1. The van der Waals surface area contributed by atoms with Crippen molar-refractivity contribution in [2.45, 2.75) is 25.9 Å². The summed E-state index contributed by atoms with van der Waals surface area (Å²) in [5.74, 6) is 0.00896. The Morgan fingerprint density at radius 1 is 1.23 bits per heavy atom. The third-order valence-electron chi connectivity index (χ3n) is 5.22. The summed E-state index contributed by atoms with van der Waals surface area (Å²) in [6, 6.07) is 6.71. The Balaban J connectivity index is 1.26. The predicted octanol–water partition coefficient (Wildman–Crippen LogP) is 2.29. The van der Waals surface area contributed by atoms with E-state index in [-0.39, 0.29) is 23.5 Å². The number of hydrogen-bond donors (Lipinski definition) is 1. The molecule has 1 fully saturated rings. The van der Waals surface area contributed by atoms with Gasteiger partial charge in [-0.2, -0.15) is 0 Å². The fourth-order valence-electron chi connectivity index (χ4n) is 3.63. The average Bonchev–Trinajstić information content (AvgIpc) is 3.24. The standard InChI is InChI=1S/C22H25FN6O2/c1-16(12-17-13-24-6-7-25-17)26-22(30)19-15-31-21(27-19)14-28-8-10-29(11-9-28)20-5-3-2-4-18(20)23/h2-7,13,15-16H,8-12,14H2,1H3,(H,26,30). The number of carbonyl (C=O) groups excluding carboxylic acids is 1. The van der Waals surface area contributed by atoms with Crippen molar-refractivity contribution in [3.63, 3.8) is 0 Å². The maximum Gasteiger partial charge on any atom is 0.273 e. The molecule has 9 heteroatoms. The van der Waals surface area contributed by atoms with E-state index in [1.165, 1.54) is 12.3 Å². The van der Waals surface area contributed by atoms with Crippen molar-refractivity contribution in [2.75, 3.05) is 31.1 Å². The van der Waals surface area contributed by atoms with Gasteiger partial charge in [0.1, 0.15) is 12.1 Å². The molecular weight excluding hydrogens is 399 g/mol. The molecular formula is C22H25FN6O2. The number of benzene rings is 1. The lowest BCUT2D eigenvalue weighted by Gasteiger charge is -2.35. The van der Waals surface area contributed by atoms with E-state index in [1.807, 2.05) is 17.9 Å². The minimum atomic E-state index is -0.282. The largest absolute Gasteiger partial charge is 0.447 e. The number of hydrogen-bond acceptors (Lipinski definition) is 7. The van der Waals surface area contributed by atoms with Crippen LogP contribution in [0.1, 0.15) is 29.0 Å². The maximum atomic E-state index is 14.0. The number of carbonyl (C=O) groups is 1. The number of rotatable bonds is 7. The highest BCUT2D eigenvalue weighted by Crippen LogP contribution is 2.20. The van der Waals surface area contributed by atoms with Crippen LogP contribution in [-0.2, 0) is 13.0 Å². The molecule has 0 spiro atoms. The lowest BCUT2D eigenvalue weighted by Crippen LogP contribution is -2.46. The monoisotopic (exact) mass is 424 g/mol. The van der Waals surface area contributed by atoms with Crippen molar-refractivity contribution < 1.29 is 13.6 Å². The molecule has 1 saturated heterocycles. The third-order valence-corrected chi connectivity index (χ3v) is 5.22. The Morgan fingerprint density at radius 2 is 2.03 bits per heavy atom. The Morgan fingerprint density at radius 3 is 2.77 bits per heavy atom. The van der Waals surface area contributed by atoms with Crippen LogP contribution in [0.5, 0.6) is 0 Å². The molecule has 1 aromatic carbocycles. The smallest absolute Gasteiger partial charge is 0.273 e. The van der Waals surface area contributed by atoms with Crippen LogP contribution in [0.25, 0.3) is 0 Å². The van der Waals surface area contributed by atoms with Crippen LogP contribution in [0.15, 0.2) is 53.5 Å². The number of oxazole rings is 1. The van der Waals surface area contributed by atoms with E-state index < -0.39 is 0 Å². The zero-order valence-corrected chi connectivity index (χ0v) is 17.4. The second-order valence-electron chi connectivity index (χ2n) is 7.62. The van der Waals surface area contributed by atoms with Gasteiger partial charge >= 0.3 is 0 Å². The summed E-state index contributed by atoms with van der Waals surface area (Å²) < 4.78 is 19.5. The number of halogens is 1. The predicted molar refractivity (Wildman–Crippen MR) is 113 cm³/mol. The van der Waals surface area contributed by atoms with Gasteiger partial charge in [-0.05, 0) is 19.1 Å². The quantitative estimate of drug-likeness (QED) is 0.623. The van der Waals surface area contributed by atoms with Gasteiger partial charge in [0.25, 0.3) is 5.91 Å². The minimum absolute atomic E-state index is 0.115. The van der Waals surface area contributed by atoms with Crippen LogP contribution in [0.3, 0.4) is 0 Å². The average molecular weight is 424 g/mol. The first-order valence-corrected chi connectivity index (χ1v) is 10.3. The van der Waals surface area contributed by atoms with Crippen molar-refractivity contribution in [1.29, 1.82) is 0 Å². The van der Waals surface area contributed by atoms with Gasteiger partial charge in [-0.3, -0.25) is 19.7 Å². The summed E-state index contributed by atoms with van der Waals surface area (Å²) in [6.07, 6.45) is 6.89. The second-order valence-corrected chi connectivity index (χ2v) is 7.62. The van der Waals surface area contributed by atoms with Gasteiger partial charge in [0, 0.05) is 57.2 Å². The number of nitrogens with one attached hydrogen (secondary N) is 1. The van der Waals surface area contributed by atoms with Crippen LogP contribution in [0, 0.1) is 5.82 Å². The molecule has 0 saturated carbocycles. The Kier molecular flexibility index (Phi) is 6.51. The van der Waals surface area contributed by atoms with Gasteiger partial charge < -0.3 is 14.6 Å². The van der Waals surface area contributed by atoms with Gasteiger partial charge in [-0.25, -0.2) is 9.37 Å². The molecule has 162 valence electrons. The first-order chi connectivity index (χ1) is 15.1. The molecule has 0 radical (unpaired) electrons. The highest BCUT2D eigenvalue weighted by molar-refractivity contribution is 5.92. The van der Waals surface area contributed by atoms with Crippen molar-refractivity contribution in [3.05, 3.63) is 72.2 Å². The molecule has 2 aromatic heterocycles. The topological polar surface area (TPSA) is 87.4 Å². The summed E-state index contributed by atoms with van der Waals surface area (Å²) >= 11 is 0. The summed E-state index contributed by atoms with van der Waals surface area (Å²) in [6.45, 7) is 5.36. The molecule has 4 rings (SSSR count). The molecule has 0 bridgehead atoms. The molecule has 8 nitrogen and oxygen atoms in total. The zero-order chi connectivity index (χ0) is 21.6. The van der Waals surface area contributed by atoms with Crippen LogP contribution in [0.4, 0.5) is 10.1 Å². The number of piperazine rings is 1. The summed E-state index contributed by atoms with van der Waals surface area (Å²) in [7, 11) is 0. The van der Waals surface area contributed by atoms with E-state index in [0.29, 0.717) is 24.5 Å². The van der Waals surface area contributed by atoms with Crippen molar-refractivity contribution in [1.82, 2.24) is 25.2 Å². The highest BCUT2D eigenvalue weighted by Gasteiger charge is 2.22. The molecule has 0 aliphatic carbocycles. The molecule has 1 amide bonds. The van der Waals surface area contributed by atoms with Crippen molar-refractivity contribution in [2.24, 2.45) is 0 Å². The second kappa shape index (κ2) is 9.65. The molecule has 1 aliphatic heterocycles. The number of nitrogens with zero attached hydrogens (tertiary/aromatic N) is 5. The van der Waals surface area contributed by atoms with Gasteiger partial charge in [-0.15, -0.1) is 0 Å². The summed E-state index contributed by atoms with van der Waals surface area (Å²) in [5, 5.41) is 2.91. The lowest BCUT2D eigenvalue weighted by atomic mass is 10.2. The molecule has 3 heterocycles. The Hall–Kier alpha value is -3.33. The Labute approximate surface area is 180 Å². The molecule has 31 heavy (non-hydrogen) atoms. The highest BCUT2D eigenvalue weighted by atomic mass is 19.1. The van der Waals surface area contributed by atoms with E-state index in [0.717, 1.165) is 31.9 Å². The van der Waals surface area contributed by atoms with Crippen LogP contribution in [0.2, 0.25) is 0 Å². The van der Waals surface area contributed by atoms with Gasteiger partial charge in [0.2, 0.25) is 5.89 Å². The fourth-order valence-corrected chi connectivity index (χ4v) is 3.63. The van der Waals surface area contributed by atoms with E-state index in [2.05, 4.69) is 25.2 Å². The van der Waals surface area contributed by atoms with E-state index in [9.17, 15) is 9.18 Å². The first kappa shape index (κ1) is 20.9. The first-order valence-electron chi connectivity index (χ1n) is 10.3. The Bertz CT molecular complexity index is 1000. The van der Waals surface area contributed by atoms with Gasteiger partial charge in [0.15, 0.2) is 5.69 Å². The van der Waals surface area contributed by atoms with Crippen LogP contribution >= 0.6 is 0 Å².